The lowest BCUT2D eigenvalue weighted by molar-refractivity contribution is 0.0958. The molecule has 0 aliphatic carbocycles. The Balaban J connectivity index is 1.46. The molecule has 0 radical (unpaired) electrons. The molecule has 34 heavy (non-hydrogen) atoms. The summed E-state index contributed by atoms with van der Waals surface area (Å²) in [4.78, 5) is 31.7. The summed E-state index contributed by atoms with van der Waals surface area (Å²) in [5.41, 5.74) is 3.73. The maximum absolute atomic E-state index is 12.4. The van der Waals surface area contributed by atoms with E-state index >= 15 is 0 Å². The van der Waals surface area contributed by atoms with Gasteiger partial charge in [0.05, 0.1) is 16.2 Å². The highest BCUT2D eigenvalue weighted by atomic mass is 35.5. The maximum atomic E-state index is 12.4. The zero-order valence-corrected chi connectivity index (χ0v) is 21.5. The molecule has 1 aromatic heterocycles. The standard InChI is InChI=1S/C25H33ClN4O3S/c1-25(2,3)22-12-17(16-6-9-29(10-7-16)24(32)33)8-11-30(22)18-4-5-20(19(26)13-18)28-23(31)21-14-34-15-27-21/h4-5,13-17,22H,6-12H2,1-3H3,(H,28,31)(H,32,33). The fourth-order valence-corrected chi connectivity index (χ4v) is 6.16. The van der Waals surface area contributed by atoms with Gasteiger partial charge in [-0.1, -0.05) is 32.4 Å². The predicted octanol–water partition coefficient (Wildman–Crippen LogP) is 6.07. The fourth-order valence-electron chi connectivity index (χ4n) is 5.41. The number of anilines is 2. The number of nitrogens with one attached hydrogen (secondary N) is 1. The Morgan fingerprint density at radius 2 is 1.85 bits per heavy atom. The van der Waals surface area contributed by atoms with Gasteiger partial charge >= 0.3 is 6.09 Å². The molecule has 2 N–H and O–H groups in total. The molecule has 1 aromatic carbocycles. The third kappa shape index (κ3) is 5.49. The summed E-state index contributed by atoms with van der Waals surface area (Å²) in [6, 6.07) is 6.19. The largest absolute Gasteiger partial charge is 0.465 e. The maximum Gasteiger partial charge on any atom is 0.407 e. The second-order valence-corrected chi connectivity index (χ2v) is 11.6. The number of carbonyl (C=O) groups excluding carboxylic acids is 1. The number of halogens is 1. The van der Waals surface area contributed by atoms with E-state index in [1.165, 1.54) is 11.3 Å². The molecule has 4 rings (SSSR count). The van der Waals surface area contributed by atoms with Crippen LogP contribution in [-0.4, -0.2) is 52.7 Å². The summed E-state index contributed by atoms with van der Waals surface area (Å²) in [5, 5.41) is 14.3. The molecule has 7 nitrogen and oxygen atoms in total. The van der Waals surface area contributed by atoms with Crippen molar-refractivity contribution >= 4 is 46.3 Å². The van der Waals surface area contributed by atoms with E-state index in [2.05, 4.69) is 36.0 Å². The third-order valence-corrected chi connectivity index (χ3v) is 8.22. The molecule has 2 unspecified atom stereocenters. The number of nitrogens with zero attached hydrogens (tertiary/aromatic N) is 3. The van der Waals surface area contributed by atoms with Crippen molar-refractivity contribution in [3.63, 3.8) is 0 Å². The summed E-state index contributed by atoms with van der Waals surface area (Å²) in [6.07, 6.45) is 3.27. The van der Waals surface area contributed by atoms with Crippen LogP contribution in [0.3, 0.4) is 0 Å². The van der Waals surface area contributed by atoms with E-state index in [-0.39, 0.29) is 11.3 Å². The van der Waals surface area contributed by atoms with Crippen molar-refractivity contribution < 1.29 is 14.7 Å². The summed E-state index contributed by atoms with van der Waals surface area (Å²) in [7, 11) is 0. The van der Waals surface area contributed by atoms with Crippen LogP contribution in [0.25, 0.3) is 0 Å². The van der Waals surface area contributed by atoms with Crippen LogP contribution in [0.15, 0.2) is 29.1 Å². The number of aromatic nitrogens is 1. The lowest BCUT2D eigenvalue weighted by atomic mass is 9.71. The van der Waals surface area contributed by atoms with E-state index in [0.717, 1.165) is 37.9 Å². The van der Waals surface area contributed by atoms with Crippen molar-refractivity contribution in [3.05, 3.63) is 39.8 Å². The molecule has 0 saturated carbocycles. The number of carbonyl (C=O) groups is 2. The summed E-state index contributed by atoms with van der Waals surface area (Å²) < 4.78 is 0. The number of rotatable bonds is 4. The number of hydrogen-bond acceptors (Lipinski definition) is 5. The molecule has 2 aliphatic rings. The van der Waals surface area contributed by atoms with Crippen LogP contribution in [0, 0.1) is 17.3 Å². The number of hydrogen-bond donors (Lipinski definition) is 2. The van der Waals surface area contributed by atoms with Gasteiger partial charge in [-0.3, -0.25) is 4.79 Å². The van der Waals surface area contributed by atoms with Crippen molar-refractivity contribution in [2.75, 3.05) is 29.9 Å². The lowest BCUT2D eigenvalue weighted by Crippen LogP contribution is -2.51. The smallest absolute Gasteiger partial charge is 0.407 e. The van der Waals surface area contributed by atoms with Crippen molar-refractivity contribution in [2.24, 2.45) is 17.3 Å². The number of piperidine rings is 2. The second kappa shape index (κ2) is 10.1. The zero-order valence-electron chi connectivity index (χ0n) is 20.0. The van der Waals surface area contributed by atoms with Crippen molar-refractivity contribution in [2.45, 2.75) is 52.5 Å². The van der Waals surface area contributed by atoms with E-state index in [0.29, 0.717) is 47.4 Å². The Morgan fingerprint density at radius 3 is 2.44 bits per heavy atom. The quantitative estimate of drug-likeness (QED) is 0.527. The number of thiazole rings is 1. The molecular formula is C25H33ClN4O3S. The van der Waals surface area contributed by atoms with Gasteiger partial charge in [0.15, 0.2) is 0 Å². The molecule has 184 valence electrons. The van der Waals surface area contributed by atoms with Gasteiger partial charge in [-0.2, -0.15) is 0 Å². The number of likely N-dealkylation sites (tertiary alicyclic amines) is 1. The minimum atomic E-state index is -0.802. The third-order valence-electron chi connectivity index (χ3n) is 7.32. The van der Waals surface area contributed by atoms with Gasteiger partial charge in [0, 0.05) is 36.7 Å². The molecule has 2 atom stereocenters. The van der Waals surface area contributed by atoms with Gasteiger partial charge in [0.1, 0.15) is 5.69 Å². The van der Waals surface area contributed by atoms with Gasteiger partial charge in [0.2, 0.25) is 0 Å². The number of carboxylic acid groups (broad SMARTS) is 1. The molecule has 9 heteroatoms. The van der Waals surface area contributed by atoms with Crippen LogP contribution in [-0.2, 0) is 0 Å². The SMILES string of the molecule is CC(C)(C)C1CC(C2CCN(C(=O)O)CC2)CCN1c1ccc(NC(=O)c2cscn2)c(Cl)c1. The highest BCUT2D eigenvalue weighted by molar-refractivity contribution is 7.07. The number of amides is 2. The minimum absolute atomic E-state index is 0.0738. The molecule has 0 bridgehead atoms. The van der Waals surface area contributed by atoms with Crippen LogP contribution >= 0.6 is 22.9 Å². The number of benzene rings is 1. The van der Waals surface area contributed by atoms with Crippen LogP contribution in [0.4, 0.5) is 16.2 Å². The van der Waals surface area contributed by atoms with Crippen molar-refractivity contribution in [3.8, 4) is 0 Å². The second-order valence-electron chi connectivity index (χ2n) is 10.5. The first kappa shape index (κ1) is 24.8. The molecule has 2 saturated heterocycles. The van der Waals surface area contributed by atoms with E-state index in [4.69, 9.17) is 11.6 Å². The molecule has 2 aliphatic heterocycles. The van der Waals surface area contributed by atoms with Gasteiger partial charge < -0.3 is 20.2 Å². The van der Waals surface area contributed by atoms with E-state index in [9.17, 15) is 14.7 Å². The van der Waals surface area contributed by atoms with Crippen LogP contribution in [0.1, 0.15) is 56.9 Å². The normalized spacial score (nSPS) is 22.0. The Kier molecular flexibility index (Phi) is 7.38. The average molecular weight is 505 g/mol. The lowest BCUT2D eigenvalue weighted by Gasteiger charge is -2.49. The summed E-state index contributed by atoms with van der Waals surface area (Å²) in [5.74, 6) is 0.913. The molecule has 2 aromatic rings. The van der Waals surface area contributed by atoms with E-state index in [1.54, 1.807) is 15.8 Å². The highest BCUT2D eigenvalue weighted by Gasteiger charge is 2.40. The highest BCUT2D eigenvalue weighted by Crippen LogP contribution is 2.43. The first-order chi connectivity index (χ1) is 16.1. The predicted molar refractivity (Wildman–Crippen MR) is 137 cm³/mol. The average Bonchev–Trinajstić information content (AvgIpc) is 3.35. The van der Waals surface area contributed by atoms with Gasteiger partial charge in [-0.25, -0.2) is 9.78 Å². The van der Waals surface area contributed by atoms with Gasteiger partial charge in [-0.15, -0.1) is 11.3 Å². The van der Waals surface area contributed by atoms with Crippen LogP contribution < -0.4 is 10.2 Å². The fraction of sp³-hybridized carbons (Fsp3) is 0.560. The van der Waals surface area contributed by atoms with Crippen LogP contribution in [0.5, 0.6) is 0 Å². The molecule has 0 spiro atoms. The van der Waals surface area contributed by atoms with Gasteiger partial charge in [-0.05, 0) is 61.1 Å². The first-order valence-corrected chi connectivity index (χ1v) is 13.2. The van der Waals surface area contributed by atoms with E-state index < -0.39 is 6.09 Å². The summed E-state index contributed by atoms with van der Waals surface area (Å²) >= 11 is 7.97. The Morgan fingerprint density at radius 1 is 1.15 bits per heavy atom. The van der Waals surface area contributed by atoms with Crippen molar-refractivity contribution in [1.29, 1.82) is 0 Å². The molecule has 3 heterocycles. The zero-order chi connectivity index (χ0) is 24.5. The topological polar surface area (TPSA) is 85.8 Å². The van der Waals surface area contributed by atoms with Crippen molar-refractivity contribution in [1.82, 2.24) is 9.88 Å². The molecular weight excluding hydrogens is 472 g/mol. The molecule has 2 amide bonds. The minimum Gasteiger partial charge on any atom is -0.465 e. The Bertz CT molecular complexity index is 1020. The summed E-state index contributed by atoms with van der Waals surface area (Å²) in [6.45, 7) is 9.07. The molecule has 2 fully saturated rings. The monoisotopic (exact) mass is 504 g/mol. The van der Waals surface area contributed by atoms with Crippen LogP contribution in [0.2, 0.25) is 5.02 Å². The first-order valence-electron chi connectivity index (χ1n) is 11.9. The Hall–Kier alpha value is -2.32. The van der Waals surface area contributed by atoms with E-state index in [1.807, 2.05) is 18.2 Å². The Labute approximate surface area is 210 Å². The van der Waals surface area contributed by atoms with Gasteiger partial charge in [0.25, 0.3) is 5.91 Å².